The Morgan fingerprint density at radius 1 is 1.17 bits per heavy atom. The molecule has 1 aliphatic rings. The predicted molar refractivity (Wildman–Crippen MR) is 95.7 cm³/mol. The van der Waals surface area contributed by atoms with E-state index < -0.39 is 0 Å². The van der Waals surface area contributed by atoms with E-state index in [0.717, 1.165) is 54.8 Å². The molecule has 3 aromatic heterocycles. The second-order valence-electron chi connectivity index (χ2n) is 5.93. The van der Waals surface area contributed by atoms with Gasteiger partial charge in [0.25, 0.3) is 0 Å². The number of hydrogen-bond acceptors (Lipinski definition) is 7. The molecule has 4 heterocycles. The van der Waals surface area contributed by atoms with Crippen LogP contribution in [-0.4, -0.2) is 37.7 Å². The van der Waals surface area contributed by atoms with Crippen molar-refractivity contribution in [2.45, 2.75) is 31.9 Å². The fourth-order valence-corrected chi connectivity index (χ4v) is 4.57. The molecule has 0 unspecified atom stereocenters. The van der Waals surface area contributed by atoms with Crippen LogP contribution in [0.2, 0.25) is 0 Å². The van der Waals surface area contributed by atoms with Gasteiger partial charge >= 0.3 is 0 Å². The zero-order chi connectivity index (χ0) is 16.4. The van der Waals surface area contributed by atoms with Crippen molar-refractivity contribution in [2.24, 2.45) is 0 Å². The number of imidazole rings is 1. The molecule has 1 aliphatic heterocycles. The lowest BCUT2D eigenvalue weighted by molar-refractivity contribution is 0.277. The fourth-order valence-electron chi connectivity index (χ4n) is 3.15. The van der Waals surface area contributed by atoms with Gasteiger partial charge in [-0.05, 0) is 12.8 Å². The predicted octanol–water partition coefficient (Wildman–Crippen LogP) is 2.72. The van der Waals surface area contributed by atoms with Gasteiger partial charge < -0.3 is 14.6 Å². The highest BCUT2D eigenvalue weighted by Gasteiger charge is 2.25. The summed E-state index contributed by atoms with van der Waals surface area (Å²) in [6.45, 7) is 2.77. The first-order chi connectivity index (χ1) is 11.8. The van der Waals surface area contributed by atoms with Gasteiger partial charge in [-0.1, -0.05) is 0 Å². The Hall–Kier alpha value is -1.77. The van der Waals surface area contributed by atoms with Crippen molar-refractivity contribution in [2.75, 3.05) is 18.0 Å². The van der Waals surface area contributed by atoms with Crippen LogP contribution in [0, 0.1) is 0 Å². The first-order valence-electron chi connectivity index (χ1n) is 8.02. The van der Waals surface area contributed by atoms with Gasteiger partial charge in [-0.15, -0.1) is 22.7 Å². The smallest absolute Gasteiger partial charge is 0.185 e. The van der Waals surface area contributed by atoms with Gasteiger partial charge in [0, 0.05) is 42.2 Å². The average molecular weight is 361 g/mol. The minimum atomic E-state index is 0.0149. The third-order valence-electron chi connectivity index (χ3n) is 4.40. The van der Waals surface area contributed by atoms with Crippen LogP contribution in [0.25, 0.3) is 0 Å². The highest BCUT2D eigenvalue weighted by molar-refractivity contribution is 7.13. The lowest BCUT2D eigenvalue weighted by Gasteiger charge is -2.31. The number of anilines is 1. The normalized spacial score (nSPS) is 16.0. The summed E-state index contributed by atoms with van der Waals surface area (Å²) < 4.78 is 2.22. The molecular weight excluding hydrogens is 342 g/mol. The number of aliphatic hydroxyl groups excluding tert-OH is 1. The van der Waals surface area contributed by atoms with E-state index in [1.807, 2.05) is 17.1 Å². The molecular formula is C16H19N5OS2. The number of aliphatic hydroxyl groups is 1. The molecule has 1 saturated heterocycles. The number of thiazole rings is 2. The van der Waals surface area contributed by atoms with Crippen LogP contribution < -0.4 is 4.90 Å². The van der Waals surface area contributed by atoms with E-state index in [4.69, 9.17) is 5.11 Å². The molecule has 4 rings (SSSR count). The molecule has 0 bridgehead atoms. The molecule has 0 saturated carbocycles. The number of aromatic nitrogens is 4. The Labute approximate surface area is 148 Å². The Morgan fingerprint density at radius 3 is 2.75 bits per heavy atom. The summed E-state index contributed by atoms with van der Waals surface area (Å²) in [5.41, 5.74) is 3.73. The summed E-state index contributed by atoms with van der Waals surface area (Å²) in [6, 6.07) is 0. The molecule has 24 heavy (non-hydrogen) atoms. The molecule has 0 spiro atoms. The van der Waals surface area contributed by atoms with Crippen molar-refractivity contribution < 1.29 is 5.11 Å². The van der Waals surface area contributed by atoms with Crippen molar-refractivity contribution in [3.05, 3.63) is 45.9 Å². The maximum Gasteiger partial charge on any atom is 0.185 e. The van der Waals surface area contributed by atoms with E-state index in [9.17, 15) is 0 Å². The van der Waals surface area contributed by atoms with Gasteiger partial charge in [0.1, 0.15) is 5.82 Å². The lowest BCUT2D eigenvalue weighted by atomic mass is 9.96. The van der Waals surface area contributed by atoms with E-state index in [1.165, 1.54) is 0 Å². The van der Waals surface area contributed by atoms with Crippen LogP contribution in [0.4, 0.5) is 5.13 Å². The van der Waals surface area contributed by atoms with E-state index in [-0.39, 0.29) is 6.61 Å². The molecule has 126 valence electrons. The SMILES string of the molecule is OCc1csc(N2CCC(c3nccn3Cc3cscn3)CC2)n1. The third kappa shape index (κ3) is 3.22. The first-order valence-corrected chi connectivity index (χ1v) is 9.84. The van der Waals surface area contributed by atoms with Crippen LogP contribution in [0.1, 0.15) is 36.0 Å². The molecule has 0 amide bonds. The van der Waals surface area contributed by atoms with Gasteiger partial charge in [0.05, 0.1) is 30.1 Å². The van der Waals surface area contributed by atoms with E-state index in [2.05, 4.69) is 36.0 Å². The van der Waals surface area contributed by atoms with Gasteiger partial charge in [-0.2, -0.15) is 0 Å². The summed E-state index contributed by atoms with van der Waals surface area (Å²) in [5, 5.41) is 14.2. The zero-order valence-electron chi connectivity index (χ0n) is 13.2. The quantitative estimate of drug-likeness (QED) is 0.757. The molecule has 0 aliphatic carbocycles. The molecule has 0 aromatic carbocycles. The maximum absolute atomic E-state index is 9.16. The molecule has 8 heteroatoms. The minimum Gasteiger partial charge on any atom is -0.390 e. The van der Waals surface area contributed by atoms with Crippen LogP contribution in [-0.2, 0) is 13.2 Å². The average Bonchev–Trinajstić information content (AvgIpc) is 3.37. The number of hydrogen-bond donors (Lipinski definition) is 1. The van der Waals surface area contributed by atoms with Gasteiger partial charge in [0.2, 0.25) is 0 Å². The van der Waals surface area contributed by atoms with Gasteiger partial charge in [-0.3, -0.25) is 0 Å². The Kier molecular flexibility index (Phi) is 4.59. The summed E-state index contributed by atoms with van der Waals surface area (Å²) in [5.74, 6) is 1.64. The van der Waals surface area contributed by atoms with Crippen LogP contribution in [0.3, 0.4) is 0 Å². The second kappa shape index (κ2) is 7.00. The number of nitrogens with zero attached hydrogens (tertiary/aromatic N) is 5. The molecule has 3 aromatic rings. The summed E-state index contributed by atoms with van der Waals surface area (Å²) >= 11 is 3.24. The largest absolute Gasteiger partial charge is 0.390 e. The standard InChI is InChI=1S/C16H19N5OS2/c22-8-14-10-24-16(19-14)20-4-1-12(2-5-20)15-17-3-6-21(15)7-13-9-23-11-18-13/h3,6,9-12,22H,1-2,4-5,7-8H2. The van der Waals surface area contributed by atoms with Crippen LogP contribution in [0.15, 0.2) is 28.7 Å². The third-order valence-corrected chi connectivity index (χ3v) is 5.98. The van der Waals surface area contributed by atoms with Gasteiger partial charge in [-0.25, -0.2) is 15.0 Å². The Bertz CT molecular complexity index is 774. The fraction of sp³-hybridized carbons (Fsp3) is 0.438. The van der Waals surface area contributed by atoms with Crippen molar-refractivity contribution >= 4 is 27.8 Å². The van der Waals surface area contributed by atoms with Crippen molar-refractivity contribution in [3.63, 3.8) is 0 Å². The second-order valence-corrected chi connectivity index (χ2v) is 7.49. The monoisotopic (exact) mass is 361 g/mol. The molecule has 0 radical (unpaired) electrons. The Morgan fingerprint density at radius 2 is 2.04 bits per heavy atom. The van der Waals surface area contributed by atoms with Crippen molar-refractivity contribution in [1.82, 2.24) is 19.5 Å². The lowest BCUT2D eigenvalue weighted by Crippen LogP contribution is -2.33. The molecule has 1 fully saturated rings. The number of piperidine rings is 1. The van der Waals surface area contributed by atoms with Crippen molar-refractivity contribution in [3.8, 4) is 0 Å². The molecule has 0 atom stereocenters. The minimum absolute atomic E-state index is 0.0149. The zero-order valence-corrected chi connectivity index (χ0v) is 14.8. The van der Waals surface area contributed by atoms with E-state index in [1.54, 1.807) is 22.7 Å². The Balaban J connectivity index is 1.42. The topological polar surface area (TPSA) is 67.1 Å². The van der Waals surface area contributed by atoms with Gasteiger partial charge in [0.15, 0.2) is 5.13 Å². The van der Waals surface area contributed by atoms with Crippen LogP contribution in [0.5, 0.6) is 0 Å². The van der Waals surface area contributed by atoms with E-state index >= 15 is 0 Å². The highest BCUT2D eigenvalue weighted by atomic mass is 32.1. The van der Waals surface area contributed by atoms with E-state index in [0.29, 0.717) is 5.92 Å². The van der Waals surface area contributed by atoms with Crippen LogP contribution >= 0.6 is 22.7 Å². The molecule has 6 nitrogen and oxygen atoms in total. The molecule has 1 N–H and O–H groups in total. The highest BCUT2D eigenvalue weighted by Crippen LogP contribution is 2.31. The maximum atomic E-state index is 9.16. The summed E-state index contributed by atoms with van der Waals surface area (Å²) in [4.78, 5) is 15.8. The summed E-state index contributed by atoms with van der Waals surface area (Å²) in [7, 11) is 0. The summed E-state index contributed by atoms with van der Waals surface area (Å²) in [6.07, 6.45) is 6.09. The van der Waals surface area contributed by atoms with Crippen molar-refractivity contribution in [1.29, 1.82) is 0 Å². The first kappa shape index (κ1) is 15.7. The number of rotatable bonds is 5.